The van der Waals surface area contributed by atoms with Gasteiger partial charge < -0.3 is 9.84 Å². The number of carboxylic acid groups (broad SMARTS) is 1. The summed E-state index contributed by atoms with van der Waals surface area (Å²) in [4.78, 5) is 13.6. The van der Waals surface area contributed by atoms with Crippen molar-refractivity contribution in [3.63, 3.8) is 0 Å². The van der Waals surface area contributed by atoms with Crippen molar-refractivity contribution in [1.29, 1.82) is 0 Å². The molecule has 170 valence electrons. The van der Waals surface area contributed by atoms with E-state index in [1.807, 2.05) is 44.9 Å². The molecule has 1 atom stereocenters. The Morgan fingerprint density at radius 2 is 1.52 bits per heavy atom. The molecule has 0 amide bonds. The van der Waals surface area contributed by atoms with Gasteiger partial charge in [-0.3, -0.25) is 9.69 Å². The maximum absolute atomic E-state index is 11.6. The number of rotatable bonds is 13. The predicted octanol–water partition coefficient (Wildman–Crippen LogP) is 5.84. The molecule has 2 aromatic rings. The number of aryl methyl sites for hydroxylation is 2. The van der Waals surface area contributed by atoms with Gasteiger partial charge >= 0.3 is 5.97 Å². The van der Waals surface area contributed by atoms with Crippen LogP contribution in [-0.2, 0) is 17.6 Å². The third-order valence-electron chi connectivity index (χ3n) is 5.62. The minimum absolute atomic E-state index is 0.291. The van der Waals surface area contributed by atoms with Gasteiger partial charge in [0, 0.05) is 0 Å². The van der Waals surface area contributed by atoms with Crippen LogP contribution in [0.2, 0.25) is 0 Å². The molecule has 0 aliphatic carbocycles. The van der Waals surface area contributed by atoms with Gasteiger partial charge in [-0.15, -0.1) is 0 Å². The van der Waals surface area contributed by atoms with Crippen LogP contribution in [0.3, 0.4) is 0 Å². The van der Waals surface area contributed by atoms with Gasteiger partial charge in [0.1, 0.15) is 11.8 Å². The van der Waals surface area contributed by atoms with Gasteiger partial charge in [0.15, 0.2) is 0 Å². The molecule has 2 rings (SSSR count). The molecule has 1 N–H and O–H groups in total. The summed E-state index contributed by atoms with van der Waals surface area (Å²) in [6.07, 6.45) is 6.43. The molecule has 0 heterocycles. The molecule has 0 aromatic heterocycles. The van der Waals surface area contributed by atoms with Gasteiger partial charge in [0.05, 0.1) is 6.61 Å². The zero-order valence-corrected chi connectivity index (χ0v) is 19.6. The van der Waals surface area contributed by atoms with Crippen LogP contribution in [0.1, 0.15) is 57.6 Å². The third-order valence-corrected chi connectivity index (χ3v) is 5.62. The van der Waals surface area contributed by atoms with Crippen molar-refractivity contribution in [3.8, 4) is 5.75 Å². The van der Waals surface area contributed by atoms with E-state index in [9.17, 15) is 9.90 Å². The van der Waals surface area contributed by atoms with E-state index in [1.54, 1.807) is 0 Å². The first-order valence-electron chi connectivity index (χ1n) is 11.5. The van der Waals surface area contributed by atoms with Crippen molar-refractivity contribution >= 4 is 5.97 Å². The van der Waals surface area contributed by atoms with Crippen molar-refractivity contribution in [2.75, 3.05) is 20.2 Å². The fourth-order valence-electron chi connectivity index (χ4n) is 4.08. The first kappa shape index (κ1) is 24.9. The summed E-state index contributed by atoms with van der Waals surface area (Å²) in [6.45, 7) is 7.44. The molecule has 0 spiro atoms. The summed E-state index contributed by atoms with van der Waals surface area (Å²) in [5.74, 6) is 0.166. The topological polar surface area (TPSA) is 49.8 Å². The Hall–Kier alpha value is -2.33. The number of ether oxygens (including phenoxy) is 1. The second kappa shape index (κ2) is 12.5. The predicted molar refractivity (Wildman–Crippen MR) is 128 cm³/mol. The number of carbonyl (C=O) groups is 1. The van der Waals surface area contributed by atoms with Gasteiger partial charge in [-0.2, -0.15) is 0 Å². The number of unbranched alkanes of at least 4 members (excludes halogenated alkanes) is 2. The van der Waals surface area contributed by atoms with Crippen LogP contribution < -0.4 is 4.74 Å². The van der Waals surface area contributed by atoms with Gasteiger partial charge in [0.25, 0.3) is 0 Å². The lowest BCUT2D eigenvalue weighted by atomic mass is 9.85. The average Bonchev–Trinajstić information content (AvgIpc) is 2.71. The Morgan fingerprint density at radius 1 is 0.903 bits per heavy atom. The molecule has 4 heteroatoms. The molecule has 0 saturated carbocycles. The number of carboxylic acids is 1. The van der Waals surface area contributed by atoms with Crippen LogP contribution >= 0.6 is 0 Å². The molecule has 0 aliphatic rings. The van der Waals surface area contributed by atoms with Crippen LogP contribution in [0.5, 0.6) is 5.75 Å². The maximum Gasteiger partial charge on any atom is 0.321 e. The molecule has 0 radical (unpaired) electrons. The van der Waals surface area contributed by atoms with E-state index >= 15 is 0 Å². The van der Waals surface area contributed by atoms with Crippen LogP contribution in [-0.4, -0.2) is 42.2 Å². The largest absolute Gasteiger partial charge is 0.494 e. The summed E-state index contributed by atoms with van der Waals surface area (Å²) < 4.78 is 5.88. The van der Waals surface area contributed by atoms with Crippen molar-refractivity contribution < 1.29 is 14.6 Å². The number of aliphatic carboxylic acids is 1. The van der Waals surface area contributed by atoms with E-state index in [0.29, 0.717) is 0 Å². The normalized spacial score (nSPS) is 12.7. The highest BCUT2D eigenvalue weighted by Crippen LogP contribution is 2.24. The number of hydrogen-bond acceptors (Lipinski definition) is 3. The minimum atomic E-state index is -0.753. The number of likely N-dealkylation sites (N-methyl/N-ethyl adjacent to an activating group) is 1. The number of hydrogen-bond donors (Lipinski definition) is 1. The Morgan fingerprint density at radius 3 is 2.13 bits per heavy atom. The van der Waals surface area contributed by atoms with Crippen molar-refractivity contribution in [2.24, 2.45) is 5.41 Å². The molecule has 0 bridgehead atoms. The minimum Gasteiger partial charge on any atom is -0.494 e. The Labute approximate surface area is 188 Å². The van der Waals surface area contributed by atoms with Gasteiger partial charge in [-0.1, -0.05) is 63.2 Å². The summed E-state index contributed by atoms with van der Waals surface area (Å²) >= 11 is 0. The summed E-state index contributed by atoms with van der Waals surface area (Å²) in [7, 11) is 1.90. The third kappa shape index (κ3) is 9.14. The van der Waals surface area contributed by atoms with Crippen molar-refractivity contribution in [3.05, 3.63) is 65.7 Å². The molecule has 4 nitrogen and oxygen atoms in total. The molecule has 0 saturated heterocycles. The second-order valence-corrected chi connectivity index (χ2v) is 9.48. The zero-order chi connectivity index (χ0) is 22.7. The first-order valence-corrected chi connectivity index (χ1v) is 11.5. The fourth-order valence-corrected chi connectivity index (χ4v) is 4.08. The van der Waals surface area contributed by atoms with E-state index < -0.39 is 12.0 Å². The quantitative estimate of drug-likeness (QED) is 0.410. The Bertz CT molecular complexity index is 765. The van der Waals surface area contributed by atoms with E-state index in [1.165, 1.54) is 24.0 Å². The van der Waals surface area contributed by atoms with Crippen LogP contribution in [0.15, 0.2) is 54.6 Å². The maximum atomic E-state index is 11.6. The molecule has 0 aliphatic heterocycles. The van der Waals surface area contributed by atoms with E-state index in [0.717, 1.165) is 44.6 Å². The Kier molecular flexibility index (Phi) is 10.1. The lowest BCUT2D eigenvalue weighted by molar-refractivity contribution is -0.146. The van der Waals surface area contributed by atoms with Crippen molar-refractivity contribution in [2.45, 2.75) is 65.3 Å². The van der Waals surface area contributed by atoms with E-state index in [-0.39, 0.29) is 5.41 Å². The van der Waals surface area contributed by atoms with E-state index in [2.05, 4.69) is 42.5 Å². The molecular weight excluding hydrogens is 386 g/mol. The molecule has 2 aromatic carbocycles. The van der Waals surface area contributed by atoms with Gasteiger partial charge in [0.2, 0.25) is 0 Å². The molecule has 0 fully saturated rings. The first-order chi connectivity index (χ1) is 14.8. The van der Waals surface area contributed by atoms with Crippen LogP contribution in [0.25, 0.3) is 0 Å². The molecule has 1 unspecified atom stereocenters. The smallest absolute Gasteiger partial charge is 0.321 e. The van der Waals surface area contributed by atoms with Gasteiger partial charge in [-0.05, 0) is 80.8 Å². The lowest BCUT2D eigenvalue weighted by Gasteiger charge is -2.34. The highest BCUT2D eigenvalue weighted by atomic mass is 16.5. The standard InChI is InChI=1S/C27H39NO3/c1-27(2,3)25(26(29)30)28(4)20-11-15-23-16-18-24(19-17-23)31-21-10-6-9-14-22-12-7-5-8-13-22/h5,7-8,12-13,16-19,25H,6,9-11,14-15,20-21H2,1-4H3,(H,29,30). The molecule has 31 heavy (non-hydrogen) atoms. The lowest BCUT2D eigenvalue weighted by Crippen LogP contribution is -2.47. The zero-order valence-electron chi connectivity index (χ0n) is 19.6. The summed E-state index contributed by atoms with van der Waals surface area (Å²) in [5.41, 5.74) is 2.37. The van der Waals surface area contributed by atoms with E-state index in [4.69, 9.17) is 4.74 Å². The SMILES string of the molecule is CN(CCCc1ccc(OCCCCCc2ccccc2)cc1)C(C(=O)O)C(C)(C)C. The molecular formula is C27H39NO3. The van der Waals surface area contributed by atoms with Gasteiger partial charge in [-0.25, -0.2) is 0 Å². The monoisotopic (exact) mass is 425 g/mol. The highest BCUT2D eigenvalue weighted by Gasteiger charge is 2.34. The number of benzene rings is 2. The van der Waals surface area contributed by atoms with Crippen LogP contribution in [0.4, 0.5) is 0 Å². The second-order valence-electron chi connectivity index (χ2n) is 9.48. The summed E-state index contributed by atoms with van der Waals surface area (Å²) in [5, 5.41) is 9.54. The highest BCUT2D eigenvalue weighted by molar-refractivity contribution is 5.74. The Balaban J connectivity index is 1.63. The number of nitrogens with zero attached hydrogens (tertiary/aromatic N) is 1. The van der Waals surface area contributed by atoms with Crippen molar-refractivity contribution in [1.82, 2.24) is 4.90 Å². The summed E-state index contributed by atoms with van der Waals surface area (Å²) in [6, 6.07) is 18.5. The average molecular weight is 426 g/mol. The fraction of sp³-hybridized carbons (Fsp3) is 0.519. The van der Waals surface area contributed by atoms with Crippen LogP contribution in [0, 0.1) is 5.41 Å².